The van der Waals surface area contributed by atoms with Crippen LogP contribution in [-0.4, -0.2) is 16.5 Å². The van der Waals surface area contributed by atoms with Crippen molar-refractivity contribution in [1.82, 2.24) is 9.97 Å². The predicted octanol–water partition coefficient (Wildman–Crippen LogP) is 3.38. The van der Waals surface area contributed by atoms with Crippen molar-refractivity contribution in [3.63, 3.8) is 0 Å². The van der Waals surface area contributed by atoms with Gasteiger partial charge in [-0.05, 0) is 30.7 Å². The van der Waals surface area contributed by atoms with E-state index in [2.05, 4.69) is 43.0 Å². The van der Waals surface area contributed by atoms with Crippen LogP contribution in [0.25, 0.3) is 0 Å². The zero-order chi connectivity index (χ0) is 12.5. The normalized spacial score (nSPS) is 17.9. The lowest BCUT2D eigenvalue weighted by Crippen LogP contribution is -2.19. The summed E-state index contributed by atoms with van der Waals surface area (Å²) in [6.07, 6.45) is 5.82. The van der Waals surface area contributed by atoms with Crippen molar-refractivity contribution in [3.8, 4) is 0 Å². The van der Waals surface area contributed by atoms with E-state index in [0.717, 1.165) is 18.2 Å². The molecule has 1 heterocycles. The van der Waals surface area contributed by atoms with Crippen molar-refractivity contribution in [1.29, 1.82) is 0 Å². The van der Waals surface area contributed by atoms with E-state index in [9.17, 15) is 0 Å². The summed E-state index contributed by atoms with van der Waals surface area (Å²) in [5.74, 6) is 1.87. The molecule has 0 aromatic carbocycles. The molecule has 3 heteroatoms. The molecule has 0 saturated heterocycles. The van der Waals surface area contributed by atoms with Gasteiger partial charge in [-0.25, -0.2) is 9.97 Å². The Labute approximate surface area is 104 Å². The average Bonchev–Trinajstić information content (AvgIpc) is 3.06. The van der Waals surface area contributed by atoms with E-state index in [-0.39, 0.29) is 5.41 Å². The Bertz CT molecular complexity index is 389. The van der Waals surface area contributed by atoms with E-state index in [1.807, 2.05) is 12.3 Å². The molecule has 1 aromatic heterocycles. The molecule has 1 aliphatic carbocycles. The minimum atomic E-state index is 0.0136. The molecule has 0 radical (unpaired) electrons. The first kappa shape index (κ1) is 12.3. The zero-order valence-electron chi connectivity index (χ0n) is 11.4. The van der Waals surface area contributed by atoms with Crippen LogP contribution in [0, 0.1) is 5.41 Å². The highest BCUT2D eigenvalue weighted by Gasteiger charge is 2.40. The van der Waals surface area contributed by atoms with E-state index in [4.69, 9.17) is 0 Å². The first-order valence-corrected chi connectivity index (χ1v) is 6.53. The average molecular weight is 233 g/mol. The van der Waals surface area contributed by atoms with Crippen LogP contribution in [0.4, 0.5) is 5.82 Å². The maximum absolute atomic E-state index is 4.59. The van der Waals surface area contributed by atoms with Crippen LogP contribution in [0.3, 0.4) is 0 Å². The van der Waals surface area contributed by atoms with Gasteiger partial charge in [-0.2, -0.15) is 0 Å². The second-order valence-electron chi connectivity index (χ2n) is 6.22. The second kappa shape index (κ2) is 4.28. The molecule has 3 nitrogen and oxygen atoms in total. The van der Waals surface area contributed by atoms with Crippen molar-refractivity contribution < 1.29 is 0 Å². The molecule has 1 saturated carbocycles. The van der Waals surface area contributed by atoms with E-state index in [1.165, 1.54) is 19.3 Å². The summed E-state index contributed by atoms with van der Waals surface area (Å²) in [6, 6.07) is 1.96. The third-order valence-electron chi connectivity index (χ3n) is 3.68. The standard InChI is InChI=1S/C14H23N3/c1-5-14(7-8-14)10-16-11-6-9-15-12(17-11)13(2,3)4/h6,9H,5,7-8,10H2,1-4H3,(H,15,16,17). The van der Waals surface area contributed by atoms with E-state index < -0.39 is 0 Å². The Morgan fingerprint density at radius 1 is 1.35 bits per heavy atom. The van der Waals surface area contributed by atoms with Crippen LogP contribution in [0.15, 0.2) is 12.3 Å². The van der Waals surface area contributed by atoms with Gasteiger partial charge < -0.3 is 5.32 Å². The Hall–Kier alpha value is -1.12. The van der Waals surface area contributed by atoms with Crippen LogP contribution in [-0.2, 0) is 5.41 Å². The molecule has 17 heavy (non-hydrogen) atoms. The quantitative estimate of drug-likeness (QED) is 0.866. The molecule has 0 atom stereocenters. The fraction of sp³-hybridized carbons (Fsp3) is 0.714. The van der Waals surface area contributed by atoms with Crippen LogP contribution >= 0.6 is 0 Å². The first-order valence-electron chi connectivity index (χ1n) is 6.53. The van der Waals surface area contributed by atoms with Crippen molar-refractivity contribution in [2.75, 3.05) is 11.9 Å². The van der Waals surface area contributed by atoms with Crippen molar-refractivity contribution >= 4 is 5.82 Å². The highest BCUT2D eigenvalue weighted by Crippen LogP contribution is 2.48. The molecule has 0 aliphatic heterocycles. The van der Waals surface area contributed by atoms with Crippen LogP contribution in [0.1, 0.15) is 52.8 Å². The SMILES string of the molecule is CCC1(CNc2ccnc(C(C)(C)C)n2)CC1. The lowest BCUT2D eigenvalue weighted by atomic mass is 9.96. The molecular formula is C14H23N3. The number of aromatic nitrogens is 2. The molecule has 0 amide bonds. The molecule has 1 aliphatic rings. The van der Waals surface area contributed by atoms with Crippen molar-refractivity contribution in [3.05, 3.63) is 18.1 Å². The van der Waals surface area contributed by atoms with Gasteiger partial charge in [-0.1, -0.05) is 27.7 Å². The fourth-order valence-corrected chi connectivity index (χ4v) is 1.93. The predicted molar refractivity (Wildman–Crippen MR) is 71.2 cm³/mol. The first-order chi connectivity index (χ1) is 7.95. The lowest BCUT2D eigenvalue weighted by molar-refractivity contribution is 0.518. The summed E-state index contributed by atoms with van der Waals surface area (Å²) in [4.78, 5) is 8.93. The number of anilines is 1. The summed E-state index contributed by atoms with van der Waals surface area (Å²) >= 11 is 0. The minimum absolute atomic E-state index is 0.0136. The van der Waals surface area contributed by atoms with E-state index in [0.29, 0.717) is 5.41 Å². The largest absolute Gasteiger partial charge is 0.369 e. The molecule has 94 valence electrons. The number of rotatable bonds is 4. The smallest absolute Gasteiger partial charge is 0.135 e. The molecular weight excluding hydrogens is 210 g/mol. The molecule has 0 spiro atoms. The van der Waals surface area contributed by atoms with E-state index >= 15 is 0 Å². The third kappa shape index (κ3) is 2.96. The number of hydrogen-bond donors (Lipinski definition) is 1. The minimum Gasteiger partial charge on any atom is -0.369 e. The van der Waals surface area contributed by atoms with Gasteiger partial charge >= 0.3 is 0 Å². The molecule has 1 N–H and O–H groups in total. The van der Waals surface area contributed by atoms with Gasteiger partial charge in [0.25, 0.3) is 0 Å². The summed E-state index contributed by atoms with van der Waals surface area (Å²) in [6.45, 7) is 9.74. The van der Waals surface area contributed by atoms with Crippen LogP contribution in [0.2, 0.25) is 0 Å². The maximum Gasteiger partial charge on any atom is 0.135 e. The van der Waals surface area contributed by atoms with Crippen LogP contribution in [0.5, 0.6) is 0 Å². The number of nitrogens with zero attached hydrogens (tertiary/aromatic N) is 2. The highest BCUT2D eigenvalue weighted by molar-refractivity contribution is 5.34. The summed E-state index contributed by atoms with van der Waals surface area (Å²) in [7, 11) is 0. The number of hydrogen-bond acceptors (Lipinski definition) is 3. The van der Waals surface area contributed by atoms with Gasteiger partial charge in [-0.15, -0.1) is 0 Å². The molecule has 0 bridgehead atoms. The van der Waals surface area contributed by atoms with Crippen molar-refractivity contribution in [2.24, 2.45) is 5.41 Å². The lowest BCUT2D eigenvalue weighted by Gasteiger charge is -2.18. The topological polar surface area (TPSA) is 37.8 Å². The van der Waals surface area contributed by atoms with Gasteiger partial charge in [-0.3, -0.25) is 0 Å². The van der Waals surface area contributed by atoms with Crippen LogP contribution < -0.4 is 5.32 Å². The molecule has 2 rings (SSSR count). The molecule has 1 aromatic rings. The second-order valence-corrected chi connectivity index (χ2v) is 6.22. The summed E-state index contributed by atoms with van der Waals surface area (Å²) in [5, 5.41) is 3.46. The Balaban J connectivity index is 2.02. The maximum atomic E-state index is 4.59. The van der Waals surface area contributed by atoms with Gasteiger partial charge in [0.1, 0.15) is 11.6 Å². The Kier molecular flexibility index (Phi) is 3.11. The molecule has 0 unspecified atom stereocenters. The Morgan fingerprint density at radius 3 is 2.59 bits per heavy atom. The van der Waals surface area contributed by atoms with E-state index in [1.54, 1.807) is 0 Å². The third-order valence-corrected chi connectivity index (χ3v) is 3.68. The van der Waals surface area contributed by atoms with Crippen molar-refractivity contribution in [2.45, 2.75) is 52.4 Å². The van der Waals surface area contributed by atoms with Gasteiger partial charge in [0, 0.05) is 18.2 Å². The monoisotopic (exact) mass is 233 g/mol. The Morgan fingerprint density at radius 2 is 2.06 bits per heavy atom. The summed E-state index contributed by atoms with van der Waals surface area (Å²) < 4.78 is 0. The zero-order valence-corrected chi connectivity index (χ0v) is 11.4. The van der Waals surface area contributed by atoms with Gasteiger partial charge in [0.2, 0.25) is 0 Å². The fourth-order valence-electron chi connectivity index (χ4n) is 1.93. The number of nitrogens with one attached hydrogen (secondary N) is 1. The van der Waals surface area contributed by atoms with Gasteiger partial charge in [0.05, 0.1) is 0 Å². The van der Waals surface area contributed by atoms with Gasteiger partial charge in [0.15, 0.2) is 0 Å². The molecule has 1 fully saturated rings. The highest BCUT2D eigenvalue weighted by atomic mass is 15.0. The summed E-state index contributed by atoms with van der Waals surface area (Å²) in [5.41, 5.74) is 0.562.